The fraction of sp³-hybridized carbons (Fsp3) is 0.233. The van der Waals surface area contributed by atoms with Crippen molar-refractivity contribution in [2.75, 3.05) is 24.4 Å². The summed E-state index contributed by atoms with van der Waals surface area (Å²) >= 11 is 0. The second kappa shape index (κ2) is 11.5. The van der Waals surface area contributed by atoms with E-state index in [0.717, 1.165) is 12.1 Å². The fourth-order valence-corrected chi connectivity index (χ4v) is 4.60. The molecule has 3 aromatic carbocycles. The molecule has 0 bridgehead atoms. The first-order valence-electron chi connectivity index (χ1n) is 12.7. The van der Waals surface area contributed by atoms with E-state index in [1.165, 1.54) is 57.2 Å². The number of rotatable bonds is 7. The van der Waals surface area contributed by atoms with Crippen molar-refractivity contribution in [3.63, 3.8) is 0 Å². The Kier molecular flexibility index (Phi) is 8.16. The molecule has 0 saturated carbocycles. The second-order valence-electron chi connectivity index (χ2n) is 9.93. The van der Waals surface area contributed by atoms with E-state index >= 15 is 0 Å². The molecule has 4 rings (SSSR count). The smallest absolute Gasteiger partial charge is 0.417 e. The van der Waals surface area contributed by atoms with Gasteiger partial charge >= 0.3 is 24.1 Å². The molecule has 0 aromatic heterocycles. The highest BCUT2D eigenvalue weighted by molar-refractivity contribution is 6.23. The summed E-state index contributed by atoms with van der Waals surface area (Å²) in [5.41, 5.74) is -2.34. The van der Waals surface area contributed by atoms with Gasteiger partial charge in [0.1, 0.15) is 5.54 Å². The molecule has 43 heavy (non-hydrogen) atoms. The second-order valence-corrected chi connectivity index (χ2v) is 9.93. The van der Waals surface area contributed by atoms with E-state index < -0.39 is 46.7 Å². The van der Waals surface area contributed by atoms with Crippen molar-refractivity contribution in [2.24, 2.45) is 0 Å². The molecule has 13 heteroatoms. The predicted octanol–water partition coefficient (Wildman–Crippen LogP) is 5.64. The number of nitrogens with zero attached hydrogens (tertiary/aromatic N) is 3. The molecule has 3 amide bonds. The molecule has 1 N–H and O–H groups in total. The number of carbonyl (C=O) groups is 4. The van der Waals surface area contributed by atoms with E-state index in [4.69, 9.17) is 14.7 Å². The number of urea groups is 1. The van der Waals surface area contributed by atoms with Crippen LogP contribution >= 0.6 is 0 Å². The van der Waals surface area contributed by atoms with Crippen LogP contribution in [-0.4, -0.2) is 48.5 Å². The van der Waals surface area contributed by atoms with Crippen LogP contribution in [-0.2, 0) is 27.0 Å². The maximum atomic E-state index is 13.6. The maximum absolute atomic E-state index is 13.6. The third kappa shape index (κ3) is 5.72. The highest BCUT2D eigenvalue weighted by atomic mass is 19.4. The maximum Gasteiger partial charge on any atom is 0.417 e. The first-order chi connectivity index (χ1) is 20.2. The van der Waals surface area contributed by atoms with Gasteiger partial charge in [0, 0.05) is 5.69 Å². The molecule has 222 valence electrons. The van der Waals surface area contributed by atoms with Gasteiger partial charge < -0.3 is 19.7 Å². The predicted molar refractivity (Wildman–Crippen MR) is 148 cm³/mol. The van der Waals surface area contributed by atoms with Crippen LogP contribution in [0.5, 0.6) is 0 Å². The van der Waals surface area contributed by atoms with E-state index in [1.807, 2.05) is 0 Å². The quantitative estimate of drug-likeness (QED) is 0.275. The molecule has 3 aromatic rings. The largest absolute Gasteiger partial charge is 0.465 e. The number of ether oxygens (including phenoxy) is 2. The number of alkyl halides is 3. The summed E-state index contributed by atoms with van der Waals surface area (Å²) in [6.07, 6.45) is -4.88. The lowest BCUT2D eigenvalue weighted by Crippen LogP contribution is -2.43. The number of anilines is 3. The third-order valence-corrected chi connectivity index (χ3v) is 6.97. The van der Waals surface area contributed by atoms with Crippen LogP contribution in [0.3, 0.4) is 0 Å². The number of nitrogens with one attached hydrogen (secondary N) is 1. The molecule has 0 radical (unpaired) electrons. The van der Waals surface area contributed by atoms with Crippen molar-refractivity contribution >= 4 is 40.9 Å². The Bertz CT molecular complexity index is 1680. The Morgan fingerprint density at radius 3 is 2.26 bits per heavy atom. The molecular weight excluding hydrogens is 569 g/mol. The van der Waals surface area contributed by atoms with Gasteiger partial charge in [-0.15, -0.1) is 0 Å². The molecule has 1 heterocycles. The minimum atomic E-state index is -4.88. The zero-order valence-corrected chi connectivity index (χ0v) is 23.4. The highest BCUT2D eigenvalue weighted by Crippen LogP contribution is 2.39. The number of hydrogen-bond donors (Lipinski definition) is 1. The SMILES string of the molecule is COC(=O)c1ccc(Nc2ccccc2CN2C(=O)N(c3ccc(C#N)c(C(F)(F)F)c3)C(=O)C2(C)C)c(C(=O)OC)c1. The average Bonchev–Trinajstić information content (AvgIpc) is 3.15. The summed E-state index contributed by atoms with van der Waals surface area (Å²) in [5, 5.41) is 12.2. The van der Waals surface area contributed by atoms with E-state index in [-0.39, 0.29) is 29.0 Å². The van der Waals surface area contributed by atoms with Gasteiger partial charge in [-0.25, -0.2) is 19.3 Å². The van der Waals surface area contributed by atoms with E-state index in [9.17, 15) is 32.3 Å². The minimum absolute atomic E-state index is 0.0282. The topological polar surface area (TPSA) is 129 Å². The van der Waals surface area contributed by atoms with Crippen LogP contribution in [0.15, 0.2) is 60.7 Å². The zero-order chi connectivity index (χ0) is 31.7. The van der Waals surface area contributed by atoms with Crippen LogP contribution in [0.1, 0.15) is 51.3 Å². The summed E-state index contributed by atoms with van der Waals surface area (Å²) in [5.74, 6) is -2.15. The fourth-order valence-electron chi connectivity index (χ4n) is 4.60. The van der Waals surface area contributed by atoms with Crippen molar-refractivity contribution in [3.05, 3.63) is 88.5 Å². The van der Waals surface area contributed by atoms with Gasteiger partial charge in [-0.3, -0.25) is 4.79 Å². The van der Waals surface area contributed by atoms with Gasteiger partial charge in [-0.1, -0.05) is 18.2 Å². The standard InChI is InChI=1S/C30H25F3N4O6/c1-29(2)27(40)37(20-11-9-18(15-34)22(14-20)30(31,32)33)28(41)36(29)16-19-7-5-6-8-23(19)35-24-12-10-17(25(38)42-3)13-21(24)26(39)43-4/h5-14,35H,16H2,1-4H3. The van der Waals surface area contributed by atoms with Crippen LogP contribution in [0.25, 0.3) is 0 Å². The van der Waals surface area contributed by atoms with Gasteiger partial charge in [0.25, 0.3) is 5.91 Å². The number of para-hydroxylation sites is 1. The Balaban J connectivity index is 1.70. The zero-order valence-electron chi connectivity index (χ0n) is 23.4. The molecule has 1 saturated heterocycles. The van der Waals surface area contributed by atoms with Gasteiger partial charge in [0.15, 0.2) is 0 Å². The minimum Gasteiger partial charge on any atom is -0.465 e. The molecule has 0 unspecified atom stereocenters. The highest BCUT2D eigenvalue weighted by Gasteiger charge is 2.52. The van der Waals surface area contributed by atoms with Crippen molar-refractivity contribution in [2.45, 2.75) is 32.1 Å². The number of imide groups is 1. The van der Waals surface area contributed by atoms with Gasteiger partial charge in [-0.2, -0.15) is 18.4 Å². The van der Waals surface area contributed by atoms with Crippen LogP contribution < -0.4 is 10.2 Å². The molecular formula is C30H25F3N4O6. The number of hydrogen-bond acceptors (Lipinski definition) is 8. The van der Waals surface area contributed by atoms with Crippen molar-refractivity contribution < 1.29 is 41.8 Å². The Labute approximate surface area is 244 Å². The number of esters is 2. The molecule has 0 spiro atoms. The van der Waals surface area contributed by atoms with Crippen molar-refractivity contribution in [1.82, 2.24) is 4.90 Å². The van der Waals surface area contributed by atoms with Crippen LogP contribution in [0.4, 0.5) is 35.0 Å². The Morgan fingerprint density at radius 1 is 0.953 bits per heavy atom. The van der Waals surface area contributed by atoms with Crippen molar-refractivity contribution in [1.29, 1.82) is 5.26 Å². The third-order valence-electron chi connectivity index (χ3n) is 6.97. The lowest BCUT2D eigenvalue weighted by atomic mass is 10.0. The number of carbonyl (C=O) groups excluding carboxylic acids is 4. The number of benzene rings is 3. The number of nitriles is 1. The molecule has 0 aliphatic carbocycles. The molecule has 0 atom stereocenters. The normalized spacial score (nSPS) is 14.4. The monoisotopic (exact) mass is 594 g/mol. The van der Waals surface area contributed by atoms with E-state index in [2.05, 4.69) is 5.32 Å². The summed E-state index contributed by atoms with van der Waals surface area (Å²) in [6, 6.07) is 14.2. The van der Waals surface area contributed by atoms with Crippen molar-refractivity contribution in [3.8, 4) is 6.07 Å². The lowest BCUT2D eigenvalue weighted by molar-refractivity contribution is -0.137. The molecule has 1 fully saturated rings. The van der Waals surface area contributed by atoms with Crippen LogP contribution in [0.2, 0.25) is 0 Å². The first kappa shape index (κ1) is 30.6. The van der Waals surface area contributed by atoms with Gasteiger partial charge in [0.05, 0.1) is 60.5 Å². The van der Waals surface area contributed by atoms with Gasteiger partial charge in [-0.05, 0) is 61.9 Å². The van der Waals surface area contributed by atoms with E-state index in [0.29, 0.717) is 22.2 Å². The molecule has 10 nitrogen and oxygen atoms in total. The molecule has 1 aliphatic rings. The number of methoxy groups -OCH3 is 2. The van der Waals surface area contributed by atoms with Gasteiger partial charge in [0.2, 0.25) is 0 Å². The Morgan fingerprint density at radius 2 is 1.63 bits per heavy atom. The lowest BCUT2D eigenvalue weighted by Gasteiger charge is -2.28. The number of amides is 3. The summed E-state index contributed by atoms with van der Waals surface area (Å²) in [4.78, 5) is 53.4. The Hall–Kier alpha value is -5.38. The molecule has 1 aliphatic heterocycles. The summed E-state index contributed by atoms with van der Waals surface area (Å²) < 4.78 is 50.4. The number of halogens is 3. The summed E-state index contributed by atoms with van der Waals surface area (Å²) in [6.45, 7) is 2.80. The summed E-state index contributed by atoms with van der Waals surface area (Å²) in [7, 11) is 2.38. The van der Waals surface area contributed by atoms with E-state index in [1.54, 1.807) is 24.3 Å². The first-order valence-corrected chi connectivity index (χ1v) is 12.7. The van der Waals surface area contributed by atoms with Crippen LogP contribution in [0, 0.1) is 11.3 Å². The average molecular weight is 595 g/mol.